The number of nitrogens with zero attached hydrogens (tertiary/aromatic N) is 3. The van der Waals surface area contributed by atoms with Gasteiger partial charge in [0.25, 0.3) is 0 Å². The van der Waals surface area contributed by atoms with Crippen LogP contribution in [0.3, 0.4) is 0 Å². The minimum absolute atomic E-state index is 0.727. The van der Waals surface area contributed by atoms with E-state index in [0.29, 0.717) is 0 Å². The molecule has 1 unspecified atom stereocenters. The molecule has 0 aliphatic carbocycles. The van der Waals surface area contributed by atoms with Crippen molar-refractivity contribution in [2.75, 3.05) is 27.8 Å². The van der Waals surface area contributed by atoms with Crippen molar-refractivity contribution in [3.63, 3.8) is 0 Å². The van der Waals surface area contributed by atoms with E-state index in [2.05, 4.69) is 21.8 Å². The third-order valence-electron chi connectivity index (χ3n) is 3.84. The molecule has 6 nitrogen and oxygen atoms in total. The second-order valence-corrected chi connectivity index (χ2v) is 7.65. The molecule has 0 fully saturated rings. The van der Waals surface area contributed by atoms with Crippen LogP contribution in [0.15, 0.2) is 29.4 Å². The van der Waals surface area contributed by atoms with Crippen molar-refractivity contribution in [3.05, 3.63) is 35.7 Å². The van der Waals surface area contributed by atoms with Gasteiger partial charge in [-0.05, 0) is 24.6 Å². The number of hydrogen-bond acceptors (Lipinski definition) is 6. The molecule has 0 saturated heterocycles. The van der Waals surface area contributed by atoms with Crippen molar-refractivity contribution < 1.29 is 13.6 Å². The van der Waals surface area contributed by atoms with Crippen LogP contribution in [0, 0.1) is 0 Å². The maximum absolute atomic E-state index is 13.0. The predicted octanol–water partition coefficient (Wildman–Crippen LogP) is 3.72. The lowest BCUT2D eigenvalue weighted by Crippen LogP contribution is -2.26. The highest BCUT2D eigenvalue weighted by Crippen LogP contribution is 2.61. The molecule has 1 aliphatic rings. The number of rotatable bonds is 6. The molecule has 2 rings (SSSR count). The lowest BCUT2D eigenvalue weighted by molar-refractivity contribution is 0.266. The first-order valence-corrected chi connectivity index (χ1v) is 9.30. The van der Waals surface area contributed by atoms with Crippen molar-refractivity contribution in [3.8, 4) is 0 Å². The number of hydrogen-bond donors (Lipinski definition) is 0. The zero-order chi connectivity index (χ0) is 16.9. The summed E-state index contributed by atoms with van der Waals surface area (Å²) in [6, 6.07) is 3.66. The van der Waals surface area contributed by atoms with Crippen molar-refractivity contribution >= 4 is 19.5 Å². The maximum Gasteiger partial charge on any atom is 0.359 e. The second-order valence-electron chi connectivity index (χ2n) is 5.35. The molecule has 1 aliphatic heterocycles. The Balaban J connectivity index is 2.48. The summed E-state index contributed by atoms with van der Waals surface area (Å²) in [5.41, 5.74) is 1.48. The Morgan fingerprint density at radius 3 is 2.70 bits per heavy atom. The molecule has 0 radical (unpaired) electrons. The van der Waals surface area contributed by atoms with Crippen LogP contribution in [0.4, 0.5) is 0 Å². The molecule has 7 heteroatoms. The van der Waals surface area contributed by atoms with E-state index in [1.54, 1.807) is 12.3 Å². The summed E-state index contributed by atoms with van der Waals surface area (Å²) in [6.07, 6.45) is 7.66. The Bertz CT molecular complexity index is 637. The number of likely N-dealkylation sites (N-methyl/N-ethyl adjacent to an activating group) is 1. The van der Waals surface area contributed by atoms with Crippen molar-refractivity contribution in [2.24, 2.45) is 4.99 Å². The molecule has 1 aromatic heterocycles. The van der Waals surface area contributed by atoms with E-state index in [1.807, 2.05) is 25.3 Å². The van der Waals surface area contributed by atoms with E-state index >= 15 is 0 Å². The number of aromatic nitrogens is 1. The van der Waals surface area contributed by atoms with Crippen LogP contribution in [0.25, 0.3) is 6.08 Å². The number of fused-ring (bicyclic) bond motifs is 1. The Kier molecular flexibility index (Phi) is 6.10. The summed E-state index contributed by atoms with van der Waals surface area (Å²) in [7, 11) is 1.33. The largest absolute Gasteiger partial charge is 0.360 e. The average molecular weight is 337 g/mol. The van der Waals surface area contributed by atoms with E-state index in [0.717, 1.165) is 36.5 Å². The number of aliphatic imine (C=N–C) groups is 1. The molecular formula is C16H24N3O3P. The van der Waals surface area contributed by atoms with Crippen LogP contribution in [0.5, 0.6) is 0 Å². The topological polar surface area (TPSA) is 64.0 Å². The van der Waals surface area contributed by atoms with E-state index in [4.69, 9.17) is 9.05 Å². The van der Waals surface area contributed by atoms with Crippen LogP contribution < -0.4 is 0 Å². The zero-order valence-corrected chi connectivity index (χ0v) is 15.0. The summed E-state index contributed by atoms with van der Waals surface area (Å²) < 4.78 is 23.4. The summed E-state index contributed by atoms with van der Waals surface area (Å²) in [6.45, 7) is 3.02. The number of pyridine rings is 1. The second kappa shape index (κ2) is 7.86. The summed E-state index contributed by atoms with van der Waals surface area (Å²) in [5, 5.41) is 0. The van der Waals surface area contributed by atoms with Crippen LogP contribution in [-0.2, 0) is 13.6 Å². The molecule has 0 aromatic carbocycles. The molecule has 23 heavy (non-hydrogen) atoms. The highest BCUT2D eigenvalue weighted by molar-refractivity contribution is 7.54. The van der Waals surface area contributed by atoms with Gasteiger partial charge in [-0.25, -0.2) is 4.99 Å². The number of amidine groups is 1. The molecule has 0 bridgehead atoms. The normalized spacial score (nSPS) is 17.4. The molecule has 0 spiro atoms. The average Bonchev–Trinajstić information content (AvgIpc) is 2.79. The Labute approximate surface area is 137 Å². The molecule has 1 aromatic rings. The minimum Gasteiger partial charge on any atom is -0.360 e. The quantitative estimate of drug-likeness (QED) is 0.740. The first-order chi connectivity index (χ1) is 11.1. The maximum atomic E-state index is 13.0. The van der Waals surface area contributed by atoms with Gasteiger partial charge in [0.1, 0.15) is 5.84 Å². The summed E-state index contributed by atoms with van der Waals surface area (Å²) >= 11 is 0. The van der Waals surface area contributed by atoms with Crippen molar-refractivity contribution in [2.45, 2.75) is 25.5 Å². The SMILES string of the molecule is CCCCN(C)C1=NC(P(=O)(OC)OC)c2cccnc2C=C1. The van der Waals surface area contributed by atoms with E-state index in [1.165, 1.54) is 14.2 Å². The van der Waals surface area contributed by atoms with Crippen LogP contribution in [-0.4, -0.2) is 43.5 Å². The van der Waals surface area contributed by atoms with Gasteiger partial charge >= 0.3 is 7.60 Å². The fourth-order valence-corrected chi connectivity index (χ4v) is 3.80. The monoisotopic (exact) mass is 337 g/mol. The molecule has 2 heterocycles. The van der Waals surface area contributed by atoms with Gasteiger partial charge in [-0.3, -0.25) is 9.55 Å². The van der Waals surface area contributed by atoms with Crippen molar-refractivity contribution in [1.82, 2.24) is 9.88 Å². The first kappa shape index (κ1) is 17.9. The molecule has 0 N–H and O–H groups in total. The smallest absolute Gasteiger partial charge is 0.359 e. The van der Waals surface area contributed by atoms with Gasteiger partial charge in [0.2, 0.25) is 0 Å². The lowest BCUT2D eigenvalue weighted by Gasteiger charge is -2.24. The Morgan fingerprint density at radius 1 is 1.30 bits per heavy atom. The highest BCUT2D eigenvalue weighted by atomic mass is 31.2. The molecular weight excluding hydrogens is 313 g/mol. The van der Waals surface area contributed by atoms with Gasteiger partial charge in [0, 0.05) is 39.6 Å². The Hall–Kier alpha value is -1.49. The van der Waals surface area contributed by atoms with Crippen molar-refractivity contribution in [1.29, 1.82) is 0 Å². The fraction of sp³-hybridized carbons (Fsp3) is 0.500. The Morgan fingerprint density at radius 2 is 2.04 bits per heavy atom. The lowest BCUT2D eigenvalue weighted by atomic mass is 10.2. The van der Waals surface area contributed by atoms with Crippen LogP contribution in [0.1, 0.15) is 36.8 Å². The van der Waals surface area contributed by atoms with Gasteiger partial charge in [-0.1, -0.05) is 19.4 Å². The zero-order valence-electron chi connectivity index (χ0n) is 14.1. The van der Waals surface area contributed by atoms with E-state index in [9.17, 15) is 4.57 Å². The minimum atomic E-state index is -3.41. The van der Waals surface area contributed by atoms with E-state index in [-0.39, 0.29) is 0 Å². The standard InChI is InChI=1S/C16H24N3O3P/c1-5-6-12-19(2)15-10-9-14-13(8-7-11-17-14)16(18-15)23(20,21-3)22-4/h7-11,16H,5-6,12H2,1-4H3. The molecule has 126 valence electrons. The van der Waals surface area contributed by atoms with Gasteiger partial charge < -0.3 is 13.9 Å². The predicted molar refractivity (Wildman–Crippen MR) is 92.6 cm³/mol. The van der Waals surface area contributed by atoms with E-state index < -0.39 is 13.4 Å². The third kappa shape index (κ3) is 3.89. The van der Waals surface area contributed by atoms with Gasteiger partial charge in [-0.15, -0.1) is 0 Å². The first-order valence-electron chi connectivity index (χ1n) is 7.68. The highest BCUT2D eigenvalue weighted by Gasteiger charge is 2.38. The van der Waals surface area contributed by atoms with Crippen LogP contribution in [0.2, 0.25) is 0 Å². The summed E-state index contributed by atoms with van der Waals surface area (Å²) in [4.78, 5) is 11.1. The van der Waals surface area contributed by atoms with Crippen LogP contribution >= 0.6 is 7.60 Å². The van der Waals surface area contributed by atoms with Gasteiger partial charge in [-0.2, -0.15) is 0 Å². The van der Waals surface area contributed by atoms with Gasteiger partial charge in [0.05, 0.1) is 5.69 Å². The third-order valence-corrected chi connectivity index (χ3v) is 5.85. The molecule has 1 atom stereocenters. The number of unbranched alkanes of at least 4 members (excludes halogenated alkanes) is 1. The molecule has 0 saturated carbocycles. The van der Waals surface area contributed by atoms with Gasteiger partial charge in [0.15, 0.2) is 5.78 Å². The molecule has 0 amide bonds. The summed E-state index contributed by atoms with van der Waals surface area (Å²) in [5.74, 6) is 0.0195. The fourth-order valence-electron chi connectivity index (χ4n) is 2.43.